The van der Waals surface area contributed by atoms with Crippen molar-refractivity contribution in [2.45, 2.75) is 25.1 Å². The molecule has 4 rings (SSSR count). The molecule has 3 aromatic rings. The van der Waals surface area contributed by atoms with E-state index in [0.717, 1.165) is 16.7 Å². The van der Waals surface area contributed by atoms with Gasteiger partial charge in [-0.15, -0.1) is 0 Å². The molecule has 1 aliphatic rings. The minimum atomic E-state index is -0.615. The zero-order valence-electron chi connectivity index (χ0n) is 14.0. The van der Waals surface area contributed by atoms with E-state index in [1.807, 2.05) is 42.5 Å². The highest BCUT2D eigenvalue weighted by Gasteiger charge is 2.31. The fourth-order valence-electron chi connectivity index (χ4n) is 3.28. The van der Waals surface area contributed by atoms with E-state index < -0.39 is 12.1 Å². The van der Waals surface area contributed by atoms with E-state index in [4.69, 9.17) is 0 Å². The number of aliphatic hydroxyl groups excluding tert-OH is 1. The number of aliphatic hydroxyl groups is 1. The van der Waals surface area contributed by atoms with Crippen molar-refractivity contribution in [1.82, 2.24) is 25.4 Å². The Morgan fingerprint density at radius 2 is 2.08 bits per heavy atom. The molecule has 2 atom stereocenters. The third kappa shape index (κ3) is 3.16. The summed E-state index contributed by atoms with van der Waals surface area (Å²) in [6, 6.07) is 12.6. The number of fused-ring (bicyclic) bond motifs is 1. The summed E-state index contributed by atoms with van der Waals surface area (Å²) in [5.41, 5.74) is 2.88. The third-order valence-electron chi connectivity index (χ3n) is 4.52. The maximum Gasteiger partial charge on any atom is 0.315 e. The molecule has 2 heterocycles. The molecule has 0 saturated heterocycles. The number of carbonyl (C=O) groups is 1. The first-order valence-corrected chi connectivity index (χ1v) is 8.46. The number of carbonyl (C=O) groups excluding carboxylic acids is 1. The number of hydrogen-bond acceptors (Lipinski definition) is 4. The van der Waals surface area contributed by atoms with Gasteiger partial charge in [0.1, 0.15) is 0 Å². The lowest BCUT2D eigenvalue weighted by atomic mass is 10.1. The van der Waals surface area contributed by atoms with Gasteiger partial charge >= 0.3 is 6.03 Å². The summed E-state index contributed by atoms with van der Waals surface area (Å²) in [6.07, 6.45) is 5.10. The second-order valence-corrected chi connectivity index (χ2v) is 6.21. The van der Waals surface area contributed by atoms with Gasteiger partial charge in [-0.25, -0.2) is 14.5 Å². The summed E-state index contributed by atoms with van der Waals surface area (Å²) in [7, 11) is 0. The number of urea groups is 1. The summed E-state index contributed by atoms with van der Waals surface area (Å²) >= 11 is 0. The first-order chi connectivity index (χ1) is 12.7. The Balaban J connectivity index is 1.43. The van der Waals surface area contributed by atoms with Crippen molar-refractivity contribution in [3.63, 3.8) is 0 Å². The Hall–Kier alpha value is -3.19. The van der Waals surface area contributed by atoms with Gasteiger partial charge in [-0.3, -0.25) is 0 Å². The molecule has 0 saturated carbocycles. The summed E-state index contributed by atoms with van der Waals surface area (Å²) in [6.45, 7) is 0.305. The molecular formula is C19H19N5O2. The molecule has 3 N–H and O–H groups in total. The van der Waals surface area contributed by atoms with E-state index in [9.17, 15) is 9.90 Å². The van der Waals surface area contributed by atoms with Crippen molar-refractivity contribution in [1.29, 1.82) is 0 Å². The van der Waals surface area contributed by atoms with Crippen LogP contribution in [0.1, 0.15) is 22.7 Å². The van der Waals surface area contributed by atoms with Crippen LogP contribution in [0.15, 0.2) is 61.1 Å². The fourth-order valence-corrected chi connectivity index (χ4v) is 3.28. The monoisotopic (exact) mass is 349 g/mol. The van der Waals surface area contributed by atoms with Gasteiger partial charge in [0, 0.05) is 37.1 Å². The van der Waals surface area contributed by atoms with Crippen LogP contribution in [0.5, 0.6) is 0 Å². The highest BCUT2D eigenvalue weighted by atomic mass is 16.3. The number of nitrogens with zero attached hydrogens (tertiary/aromatic N) is 3. The predicted molar refractivity (Wildman–Crippen MR) is 95.6 cm³/mol. The topological polar surface area (TPSA) is 92.1 Å². The standard InChI is InChI=1S/C19H19N5O2/c25-16-11-13-5-1-2-7-15(13)17(16)23-19(26)21-12-14-6-3-8-20-18(14)24-10-4-9-22-24/h1-10,16-17,25H,11-12H2,(H2,21,23,26)/t16-,17+/m1/s1. The van der Waals surface area contributed by atoms with Gasteiger partial charge in [0.15, 0.2) is 5.82 Å². The van der Waals surface area contributed by atoms with Gasteiger partial charge in [0.05, 0.1) is 12.1 Å². The molecule has 0 fully saturated rings. The van der Waals surface area contributed by atoms with Crippen LogP contribution in [-0.4, -0.2) is 32.0 Å². The second-order valence-electron chi connectivity index (χ2n) is 6.21. The zero-order chi connectivity index (χ0) is 17.9. The number of amides is 2. The molecule has 1 aliphatic carbocycles. The average molecular weight is 349 g/mol. The van der Waals surface area contributed by atoms with Gasteiger partial charge in [-0.1, -0.05) is 30.3 Å². The fraction of sp³-hybridized carbons (Fsp3) is 0.211. The summed E-state index contributed by atoms with van der Waals surface area (Å²) in [4.78, 5) is 16.7. The lowest BCUT2D eigenvalue weighted by molar-refractivity contribution is 0.142. The first kappa shape index (κ1) is 16.3. The van der Waals surface area contributed by atoms with E-state index in [2.05, 4.69) is 20.7 Å². The third-order valence-corrected chi connectivity index (χ3v) is 4.52. The van der Waals surface area contributed by atoms with Crippen molar-refractivity contribution in [3.05, 3.63) is 77.7 Å². The molecular weight excluding hydrogens is 330 g/mol. The van der Waals surface area contributed by atoms with Crippen molar-refractivity contribution >= 4 is 6.03 Å². The van der Waals surface area contributed by atoms with Gasteiger partial charge in [-0.05, 0) is 23.3 Å². The Kier molecular flexibility index (Phi) is 4.37. The molecule has 1 aromatic carbocycles. The van der Waals surface area contributed by atoms with Gasteiger partial charge in [0.2, 0.25) is 0 Å². The van der Waals surface area contributed by atoms with Crippen LogP contribution in [0.2, 0.25) is 0 Å². The zero-order valence-corrected chi connectivity index (χ0v) is 14.0. The van der Waals surface area contributed by atoms with Gasteiger partial charge < -0.3 is 15.7 Å². The molecule has 0 unspecified atom stereocenters. The molecule has 0 aliphatic heterocycles. The molecule has 0 spiro atoms. The molecule has 132 valence electrons. The molecule has 26 heavy (non-hydrogen) atoms. The van der Waals surface area contributed by atoms with Crippen molar-refractivity contribution in [2.24, 2.45) is 0 Å². The number of benzene rings is 1. The minimum absolute atomic E-state index is 0.305. The number of rotatable bonds is 4. The lowest BCUT2D eigenvalue weighted by Gasteiger charge is -2.18. The van der Waals surface area contributed by atoms with Gasteiger partial charge in [-0.2, -0.15) is 5.10 Å². The predicted octanol–water partition coefficient (Wildman–Crippen LogP) is 1.72. The Morgan fingerprint density at radius 1 is 1.19 bits per heavy atom. The maximum absolute atomic E-state index is 12.3. The van der Waals surface area contributed by atoms with E-state index >= 15 is 0 Å². The second kappa shape index (κ2) is 6.97. The van der Waals surface area contributed by atoms with Gasteiger partial charge in [0.25, 0.3) is 0 Å². The van der Waals surface area contributed by atoms with Crippen LogP contribution < -0.4 is 10.6 Å². The number of aromatic nitrogens is 3. The molecule has 0 bridgehead atoms. The lowest BCUT2D eigenvalue weighted by Crippen LogP contribution is -2.40. The SMILES string of the molecule is O=C(NCc1cccnc1-n1cccn1)N[C@H]1c2ccccc2C[C@H]1O. The van der Waals surface area contributed by atoms with Crippen molar-refractivity contribution < 1.29 is 9.90 Å². The minimum Gasteiger partial charge on any atom is -0.390 e. The highest BCUT2D eigenvalue weighted by Crippen LogP contribution is 2.31. The molecule has 0 radical (unpaired) electrons. The number of pyridine rings is 1. The Morgan fingerprint density at radius 3 is 2.92 bits per heavy atom. The highest BCUT2D eigenvalue weighted by molar-refractivity contribution is 5.75. The molecule has 2 amide bonds. The quantitative estimate of drug-likeness (QED) is 0.669. The van der Waals surface area contributed by atoms with E-state index in [1.54, 1.807) is 23.3 Å². The smallest absolute Gasteiger partial charge is 0.315 e. The molecule has 7 heteroatoms. The summed E-state index contributed by atoms with van der Waals surface area (Å²) in [5, 5.41) is 20.1. The van der Waals surface area contributed by atoms with E-state index in [-0.39, 0.29) is 6.03 Å². The van der Waals surface area contributed by atoms with E-state index in [1.165, 1.54) is 0 Å². The normalized spacial score (nSPS) is 18.3. The van der Waals surface area contributed by atoms with Crippen LogP contribution >= 0.6 is 0 Å². The Labute approximate surface area is 150 Å². The van der Waals surface area contributed by atoms with Crippen LogP contribution in [0.4, 0.5) is 4.79 Å². The largest absolute Gasteiger partial charge is 0.390 e. The summed E-state index contributed by atoms with van der Waals surface area (Å²) < 4.78 is 1.66. The average Bonchev–Trinajstić information content (AvgIpc) is 3.29. The first-order valence-electron chi connectivity index (χ1n) is 8.46. The maximum atomic E-state index is 12.3. The van der Waals surface area contributed by atoms with Crippen molar-refractivity contribution in [2.75, 3.05) is 0 Å². The van der Waals surface area contributed by atoms with Crippen LogP contribution in [0.3, 0.4) is 0 Å². The van der Waals surface area contributed by atoms with E-state index in [0.29, 0.717) is 18.8 Å². The van der Waals surface area contributed by atoms with Crippen molar-refractivity contribution in [3.8, 4) is 5.82 Å². The van der Waals surface area contributed by atoms with Crippen LogP contribution in [0, 0.1) is 0 Å². The number of nitrogens with one attached hydrogen (secondary N) is 2. The molecule has 2 aromatic heterocycles. The number of hydrogen-bond donors (Lipinski definition) is 3. The van der Waals surface area contributed by atoms with Crippen LogP contribution in [-0.2, 0) is 13.0 Å². The van der Waals surface area contributed by atoms with Crippen LogP contribution in [0.25, 0.3) is 5.82 Å². The Bertz CT molecular complexity index is 910. The molecule has 7 nitrogen and oxygen atoms in total. The summed E-state index contributed by atoms with van der Waals surface area (Å²) in [5.74, 6) is 0.670.